The molecule has 6 nitrogen and oxygen atoms in total. The number of rotatable bonds is 5. The van der Waals surface area contributed by atoms with Gasteiger partial charge < -0.3 is 9.90 Å². The molecule has 0 unspecified atom stereocenters. The number of hydrogen-bond donors (Lipinski definition) is 1. The third-order valence-corrected chi connectivity index (χ3v) is 2.61. The lowest BCUT2D eigenvalue weighted by atomic mass is 10.1. The van der Waals surface area contributed by atoms with Crippen molar-refractivity contribution in [3.05, 3.63) is 71.8 Å². The molecule has 6 heteroatoms. The van der Waals surface area contributed by atoms with Gasteiger partial charge in [0.2, 0.25) is 5.78 Å². The molecule has 0 heterocycles. The highest BCUT2D eigenvalue weighted by Crippen LogP contribution is 1.99. The maximum atomic E-state index is 10.7. The summed E-state index contributed by atoms with van der Waals surface area (Å²) < 4.78 is 0. The molecule has 0 amide bonds. The zero-order valence-corrected chi connectivity index (χ0v) is 12.8. The molecule has 0 fully saturated rings. The topological polar surface area (TPSA) is 106 Å². The van der Waals surface area contributed by atoms with E-state index in [1.807, 2.05) is 36.4 Å². The Morgan fingerprint density at radius 3 is 1.67 bits per heavy atom. The molecular formula is C18H16O6. The number of ketones is 1. The Balaban J connectivity index is 0.000000390. The molecule has 2 aromatic rings. The van der Waals surface area contributed by atoms with Gasteiger partial charge in [0.1, 0.15) is 6.29 Å². The Bertz CT molecular complexity index is 658. The molecule has 0 spiro atoms. The van der Waals surface area contributed by atoms with Crippen LogP contribution in [0.25, 0.3) is 0 Å². The Morgan fingerprint density at radius 2 is 1.29 bits per heavy atom. The quantitative estimate of drug-likeness (QED) is 0.662. The molecule has 0 bridgehead atoms. The van der Waals surface area contributed by atoms with E-state index in [0.29, 0.717) is 6.42 Å². The molecule has 0 saturated carbocycles. The second-order valence-corrected chi connectivity index (χ2v) is 4.33. The van der Waals surface area contributed by atoms with E-state index >= 15 is 0 Å². The van der Waals surface area contributed by atoms with Crippen LogP contribution >= 0.6 is 0 Å². The van der Waals surface area contributed by atoms with Crippen molar-refractivity contribution in [1.82, 2.24) is 0 Å². The minimum Gasteiger partial charge on any atom is -0.475 e. The molecule has 0 aliphatic carbocycles. The Hall–Kier alpha value is -3.37. The van der Waals surface area contributed by atoms with Crippen LogP contribution in [0.2, 0.25) is 0 Å². The first-order chi connectivity index (χ1) is 11.5. The van der Waals surface area contributed by atoms with Gasteiger partial charge in [-0.25, -0.2) is 4.79 Å². The average molecular weight is 328 g/mol. The van der Waals surface area contributed by atoms with Crippen molar-refractivity contribution in [2.75, 3.05) is 0 Å². The molecule has 0 atom stereocenters. The van der Waals surface area contributed by atoms with Crippen LogP contribution in [0.4, 0.5) is 0 Å². The number of carboxylic acid groups (broad SMARTS) is 1. The highest BCUT2D eigenvalue weighted by atomic mass is 16.4. The second-order valence-electron chi connectivity index (χ2n) is 4.33. The lowest BCUT2D eigenvalue weighted by Crippen LogP contribution is -2.14. The average Bonchev–Trinajstić information content (AvgIpc) is 2.58. The zero-order chi connectivity index (χ0) is 18.2. The third kappa shape index (κ3) is 10.4. The van der Waals surface area contributed by atoms with Crippen molar-refractivity contribution in [1.29, 1.82) is 0 Å². The summed E-state index contributed by atoms with van der Waals surface area (Å²) >= 11 is 0. The molecule has 24 heavy (non-hydrogen) atoms. The summed E-state index contributed by atoms with van der Waals surface area (Å²) in [5.41, 5.74) is 1.80. The summed E-state index contributed by atoms with van der Waals surface area (Å²) in [4.78, 5) is 47.1. The molecule has 0 radical (unpaired) electrons. The van der Waals surface area contributed by atoms with Crippen molar-refractivity contribution >= 4 is 24.2 Å². The molecule has 0 aromatic heterocycles. The van der Waals surface area contributed by atoms with Gasteiger partial charge in [0.25, 0.3) is 0 Å². The van der Waals surface area contributed by atoms with Gasteiger partial charge in [-0.3, -0.25) is 4.79 Å². The number of carbonyl (C=O) groups excluding carboxylic acids is 4. The lowest BCUT2D eigenvalue weighted by Gasteiger charge is -1.94. The predicted octanol–water partition coefficient (Wildman–Crippen LogP) is 1.73. The summed E-state index contributed by atoms with van der Waals surface area (Å²) in [6.45, 7) is 0. The molecule has 0 aliphatic heterocycles. The summed E-state index contributed by atoms with van der Waals surface area (Å²) in [5, 5.41) is 8.29. The van der Waals surface area contributed by atoms with Crippen LogP contribution in [-0.4, -0.2) is 29.3 Å². The van der Waals surface area contributed by atoms with E-state index in [2.05, 4.69) is 0 Å². The van der Waals surface area contributed by atoms with Gasteiger partial charge in [-0.1, -0.05) is 60.7 Å². The number of carboxylic acids is 1. The molecule has 124 valence electrons. The normalized spacial score (nSPS) is 8.33. The first-order valence-corrected chi connectivity index (χ1v) is 6.82. The maximum Gasteiger partial charge on any atom is 0.373 e. The van der Waals surface area contributed by atoms with E-state index in [1.54, 1.807) is 24.3 Å². The van der Waals surface area contributed by atoms with E-state index in [9.17, 15) is 14.4 Å². The fourth-order valence-corrected chi connectivity index (χ4v) is 1.57. The van der Waals surface area contributed by atoms with Gasteiger partial charge in [0.15, 0.2) is 0 Å². The van der Waals surface area contributed by atoms with Crippen LogP contribution in [0, 0.1) is 0 Å². The second kappa shape index (κ2) is 13.3. The smallest absolute Gasteiger partial charge is 0.373 e. The number of carbonyl (C=O) groups is 3. The first-order valence-electron chi connectivity index (χ1n) is 6.82. The molecule has 0 aliphatic rings. The molecule has 2 rings (SSSR count). The highest BCUT2D eigenvalue weighted by Gasteiger charge is 2.10. The van der Waals surface area contributed by atoms with E-state index in [1.165, 1.54) is 0 Å². The van der Waals surface area contributed by atoms with Crippen LogP contribution in [-0.2, 0) is 36.8 Å². The number of benzene rings is 2. The van der Waals surface area contributed by atoms with Crippen molar-refractivity contribution < 1.29 is 29.1 Å². The largest absolute Gasteiger partial charge is 0.475 e. The van der Waals surface area contributed by atoms with Gasteiger partial charge in [-0.2, -0.15) is 9.59 Å². The van der Waals surface area contributed by atoms with E-state index in [4.69, 9.17) is 14.7 Å². The summed E-state index contributed by atoms with van der Waals surface area (Å²) in [7, 11) is 0. The Morgan fingerprint density at radius 1 is 0.875 bits per heavy atom. The number of hydrogen-bond acceptors (Lipinski definition) is 5. The van der Waals surface area contributed by atoms with Crippen molar-refractivity contribution in [2.45, 2.75) is 12.8 Å². The van der Waals surface area contributed by atoms with E-state index in [0.717, 1.165) is 17.4 Å². The van der Waals surface area contributed by atoms with Crippen molar-refractivity contribution in [3.8, 4) is 0 Å². The SMILES string of the molecule is O=C(O)C(=O)Cc1ccccc1.O=C=O.O=CCc1ccccc1. The summed E-state index contributed by atoms with van der Waals surface area (Å²) in [5.74, 6) is -2.15. The molecule has 2 aromatic carbocycles. The number of Topliss-reactive ketones (excluding diaryl/α,β-unsaturated/α-hetero) is 1. The van der Waals surface area contributed by atoms with E-state index < -0.39 is 11.8 Å². The number of aliphatic carboxylic acids is 1. The Kier molecular flexibility index (Phi) is 11.4. The van der Waals surface area contributed by atoms with Crippen LogP contribution in [0.15, 0.2) is 60.7 Å². The monoisotopic (exact) mass is 328 g/mol. The van der Waals surface area contributed by atoms with Crippen molar-refractivity contribution in [2.24, 2.45) is 0 Å². The Labute approximate surface area is 138 Å². The van der Waals surface area contributed by atoms with Crippen LogP contribution < -0.4 is 0 Å². The van der Waals surface area contributed by atoms with Gasteiger partial charge in [-0.15, -0.1) is 0 Å². The van der Waals surface area contributed by atoms with Gasteiger partial charge >= 0.3 is 12.1 Å². The minimum absolute atomic E-state index is 0.0316. The maximum absolute atomic E-state index is 10.7. The van der Waals surface area contributed by atoms with Gasteiger partial charge in [0, 0.05) is 12.8 Å². The third-order valence-electron chi connectivity index (χ3n) is 2.61. The predicted molar refractivity (Wildman–Crippen MR) is 84.0 cm³/mol. The van der Waals surface area contributed by atoms with Crippen LogP contribution in [0.5, 0.6) is 0 Å². The summed E-state index contributed by atoms with van der Waals surface area (Å²) in [6, 6.07) is 18.5. The van der Waals surface area contributed by atoms with Crippen molar-refractivity contribution in [3.63, 3.8) is 0 Å². The lowest BCUT2D eigenvalue weighted by molar-refractivity contribution is -0.191. The minimum atomic E-state index is -1.38. The van der Waals surface area contributed by atoms with Gasteiger partial charge in [0.05, 0.1) is 0 Å². The van der Waals surface area contributed by atoms with Crippen LogP contribution in [0.3, 0.4) is 0 Å². The zero-order valence-electron chi connectivity index (χ0n) is 12.8. The van der Waals surface area contributed by atoms with Crippen LogP contribution in [0.1, 0.15) is 11.1 Å². The molecular weight excluding hydrogens is 312 g/mol. The standard InChI is InChI=1S/C9H8O3.C8H8O.CO2/c10-8(9(11)12)6-7-4-2-1-3-5-7;9-7-6-8-4-2-1-3-5-8;2-1-3/h1-5H,6H2,(H,11,12);1-5,7H,6H2;. The molecule has 0 saturated heterocycles. The highest BCUT2D eigenvalue weighted by molar-refractivity contribution is 6.33. The fraction of sp³-hybridized carbons (Fsp3) is 0.111. The molecule has 1 N–H and O–H groups in total. The summed E-state index contributed by atoms with van der Waals surface area (Å²) in [6.07, 6.45) is 1.66. The number of aldehydes is 1. The van der Waals surface area contributed by atoms with Gasteiger partial charge in [-0.05, 0) is 11.1 Å². The fourth-order valence-electron chi connectivity index (χ4n) is 1.57. The first kappa shape index (κ1) is 20.6. The van der Waals surface area contributed by atoms with E-state index in [-0.39, 0.29) is 12.6 Å².